The number of ether oxygens (including phenoxy) is 1. The Morgan fingerprint density at radius 3 is 2.45 bits per heavy atom. The lowest BCUT2D eigenvalue weighted by Gasteiger charge is -2.12. The fourth-order valence-corrected chi connectivity index (χ4v) is 4.88. The molecule has 0 aliphatic rings. The lowest BCUT2D eigenvalue weighted by atomic mass is 10.1. The molecule has 1 aromatic heterocycles. The highest BCUT2D eigenvalue weighted by molar-refractivity contribution is 6.32. The molecule has 0 aliphatic heterocycles. The molecule has 38 heavy (non-hydrogen) atoms. The van der Waals surface area contributed by atoms with Gasteiger partial charge in [-0.15, -0.1) is 0 Å². The molecule has 1 amide bonds. The van der Waals surface area contributed by atoms with Crippen molar-refractivity contribution in [2.24, 2.45) is 0 Å². The summed E-state index contributed by atoms with van der Waals surface area (Å²) in [5, 5.41) is 3.85. The van der Waals surface area contributed by atoms with Gasteiger partial charge in [0.1, 0.15) is 11.6 Å². The van der Waals surface area contributed by atoms with Gasteiger partial charge < -0.3 is 14.6 Å². The highest BCUT2D eigenvalue weighted by atomic mass is 35.5. The zero-order valence-electron chi connectivity index (χ0n) is 22.5. The summed E-state index contributed by atoms with van der Waals surface area (Å²) < 4.78 is 8.37. The Labute approximate surface area is 231 Å². The van der Waals surface area contributed by atoms with Crippen LogP contribution in [0.2, 0.25) is 5.02 Å². The lowest BCUT2D eigenvalue weighted by Crippen LogP contribution is -2.26. The van der Waals surface area contributed by atoms with Crippen LogP contribution in [0.5, 0.6) is 5.75 Å². The first-order valence-corrected chi connectivity index (χ1v) is 14.0. The maximum absolute atomic E-state index is 12.1. The Morgan fingerprint density at radius 1 is 0.921 bits per heavy atom. The van der Waals surface area contributed by atoms with Gasteiger partial charge in [0.2, 0.25) is 5.91 Å². The molecule has 3 aromatic carbocycles. The van der Waals surface area contributed by atoms with Crippen molar-refractivity contribution in [3.05, 3.63) is 94.3 Å². The summed E-state index contributed by atoms with van der Waals surface area (Å²) in [5.74, 6) is 2.11. The van der Waals surface area contributed by atoms with Crippen molar-refractivity contribution in [2.45, 2.75) is 65.3 Å². The number of carbonyl (C=O) groups is 1. The van der Waals surface area contributed by atoms with E-state index in [0.29, 0.717) is 13.0 Å². The second-order valence-electron chi connectivity index (χ2n) is 9.92. The van der Waals surface area contributed by atoms with Crippen molar-refractivity contribution in [3.63, 3.8) is 0 Å². The van der Waals surface area contributed by atoms with Gasteiger partial charge in [0.15, 0.2) is 0 Å². The molecule has 0 saturated heterocycles. The number of nitrogens with one attached hydrogen (secondary N) is 1. The Kier molecular flexibility index (Phi) is 10.2. The molecule has 0 fully saturated rings. The van der Waals surface area contributed by atoms with E-state index in [1.54, 1.807) is 0 Å². The molecule has 1 N–H and O–H groups in total. The summed E-state index contributed by atoms with van der Waals surface area (Å²) in [6, 6.07) is 22.3. The van der Waals surface area contributed by atoms with Crippen molar-refractivity contribution in [2.75, 3.05) is 13.2 Å². The van der Waals surface area contributed by atoms with Crippen LogP contribution in [-0.4, -0.2) is 28.6 Å². The number of rotatable bonds is 14. The molecule has 4 aromatic rings. The fraction of sp³-hybridized carbons (Fsp3) is 0.375. The van der Waals surface area contributed by atoms with Crippen LogP contribution in [0.25, 0.3) is 11.0 Å². The number of fused-ring (bicyclic) bond motifs is 1. The molecular formula is C32H38ClN3O2. The number of unbranched alkanes of at least 4 members (excludes halogenated alkanes) is 3. The van der Waals surface area contributed by atoms with E-state index in [0.717, 1.165) is 90.4 Å². The van der Waals surface area contributed by atoms with Crippen LogP contribution in [0.4, 0.5) is 0 Å². The van der Waals surface area contributed by atoms with Gasteiger partial charge >= 0.3 is 0 Å². The second-order valence-corrected chi connectivity index (χ2v) is 10.3. The summed E-state index contributed by atoms with van der Waals surface area (Å²) in [4.78, 5) is 17.1. The average molecular weight is 532 g/mol. The number of imidazole rings is 1. The Bertz CT molecular complexity index is 1310. The van der Waals surface area contributed by atoms with E-state index in [1.807, 2.05) is 62.4 Å². The fourth-order valence-electron chi connectivity index (χ4n) is 4.77. The average Bonchev–Trinajstić information content (AvgIpc) is 3.26. The van der Waals surface area contributed by atoms with E-state index < -0.39 is 0 Å². The number of nitrogens with zero attached hydrogens (tertiary/aromatic N) is 2. The molecule has 0 aliphatic carbocycles. The van der Waals surface area contributed by atoms with Crippen molar-refractivity contribution in [3.8, 4) is 5.75 Å². The van der Waals surface area contributed by atoms with E-state index in [9.17, 15) is 4.79 Å². The smallest absolute Gasteiger partial charge is 0.224 e. The summed E-state index contributed by atoms with van der Waals surface area (Å²) >= 11 is 6.27. The van der Waals surface area contributed by atoms with Crippen LogP contribution in [0, 0.1) is 13.8 Å². The molecule has 0 unspecified atom stereocenters. The highest BCUT2D eigenvalue weighted by Crippen LogP contribution is 2.26. The normalized spacial score (nSPS) is 11.1. The second kappa shape index (κ2) is 14.0. The zero-order chi connectivity index (χ0) is 26.7. The van der Waals surface area contributed by atoms with E-state index in [1.165, 1.54) is 5.52 Å². The number of hydrogen-bond donors (Lipinski definition) is 1. The minimum absolute atomic E-state index is 0.0864. The first-order chi connectivity index (χ1) is 18.5. The summed E-state index contributed by atoms with van der Waals surface area (Å²) in [5.41, 5.74) is 5.39. The quantitative estimate of drug-likeness (QED) is 0.174. The van der Waals surface area contributed by atoms with Gasteiger partial charge in [0.25, 0.3) is 0 Å². The van der Waals surface area contributed by atoms with Crippen LogP contribution in [0.3, 0.4) is 0 Å². The zero-order valence-corrected chi connectivity index (χ0v) is 23.3. The van der Waals surface area contributed by atoms with E-state index in [-0.39, 0.29) is 5.91 Å². The van der Waals surface area contributed by atoms with Gasteiger partial charge in [0, 0.05) is 24.5 Å². The molecule has 0 spiro atoms. The van der Waals surface area contributed by atoms with Gasteiger partial charge in [0.05, 0.1) is 24.1 Å². The molecule has 0 atom stereocenters. The summed E-state index contributed by atoms with van der Waals surface area (Å²) in [6.07, 6.45) is 6.45. The molecule has 6 heteroatoms. The SMILES string of the molecule is Cc1cc(OCCCCn2c(CCCCCNC(=O)Cc3ccccc3)nc3ccccc32)cc(C)c1Cl. The maximum Gasteiger partial charge on any atom is 0.224 e. The predicted octanol–water partition coefficient (Wildman–Crippen LogP) is 7.24. The number of hydrogen-bond acceptors (Lipinski definition) is 3. The van der Waals surface area contributed by atoms with Crippen LogP contribution in [0.1, 0.15) is 54.6 Å². The molecule has 0 saturated carbocycles. The highest BCUT2D eigenvalue weighted by Gasteiger charge is 2.10. The Morgan fingerprint density at radius 2 is 1.66 bits per heavy atom. The predicted molar refractivity (Wildman–Crippen MR) is 156 cm³/mol. The van der Waals surface area contributed by atoms with Gasteiger partial charge in [-0.05, 0) is 80.5 Å². The minimum atomic E-state index is 0.0864. The molecule has 200 valence electrons. The molecule has 0 bridgehead atoms. The molecule has 1 heterocycles. The molecular weight excluding hydrogens is 494 g/mol. The lowest BCUT2D eigenvalue weighted by molar-refractivity contribution is -0.120. The topological polar surface area (TPSA) is 56.1 Å². The summed E-state index contributed by atoms with van der Waals surface area (Å²) in [6.45, 7) is 6.34. The number of amides is 1. The number of para-hydroxylation sites is 2. The van der Waals surface area contributed by atoms with E-state index in [2.05, 4.69) is 28.1 Å². The van der Waals surface area contributed by atoms with E-state index >= 15 is 0 Å². The van der Waals surface area contributed by atoms with Crippen molar-refractivity contribution in [1.82, 2.24) is 14.9 Å². The number of aromatic nitrogens is 2. The van der Waals surface area contributed by atoms with Gasteiger partial charge in [-0.1, -0.05) is 60.5 Å². The van der Waals surface area contributed by atoms with Crippen LogP contribution < -0.4 is 10.1 Å². The van der Waals surface area contributed by atoms with Crippen LogP contribution in [-0.2, 0) is 24.2 Å². The third-order valence-corrected chi connectivity index (χ3v) is 7.39. The van der Waals surface area contributed by atoms with Gasteiger partial charge in [-0.2, -0.15) is 0 Å². The van der Waals surface area contributed by atoms with Crippen LogP contribution in [0.15, 0.2) is 66.7 Å². The van der Waals surface area contributed by atoms with Crippen molar-refractivity contribution in [1.29, 1.82) is 0 Å². The Balaban J connectivity index is 1.20. The third kappa shape index (κ3) is 7.84. The minimum Gasteiger partial charge on any atom is -0.494 e. The summed E-state index contributed by atoms with van der Waals surface area (Å²) in [7, 11) is 0. The Hall–Kier alpha value is -3.31. The number of halogens is 1. The molecule has 4 rings (SSSR count). The number of carbonyl (C=O) groups excluding carboxylic acids is 1. The molecule has 5 nitrogen and oxygen atoms in total. The van der Waals surface area contributed by atoms with Gasteiger partial charge in [-0.25, -0.2) is 4.98 Å². The van der Waals surface area contributed by atoms with Crippen LogP contribution >= 0.6 is 11.6 Å². The maximum atomic E-state index is 12.1. The van der Waals surface area contributed by atoms with E-state index in [4.69, 9.17) is 21.3 Å². The third-order valence-electron chi connectivity index (χ3n) is 6.80. The standard InChI is InChI=1S/C32H38ClN3O2/c1-24-21-27(22-25(2)32(24)33)38-20-12-11-19-36-29-16-9-8-15-28(29)35-30(36)17-7-4-10-18-34-31(37)23-26-13-5-3-6-14-26/h3,5-6,8-9,13-16,21-22H,4,7,10-12,17-20,23H2,1-2H3,(H,34,37). The number of aryl methyl sites for hydroxylation is 4. The van der Waals surface area contributed by atoms with Crippen molar-refractivity contribution < 1.29 is 9.53 Å². The monoisotopic (exact) mass is 531 g/mol. The molecule has 0 radical (unpaired) electrons. The first kappa shape index (κ1) is 27.7. The number of benzene rings is 3. The van der Waals surface area contributed by atoms with Gasteiger partial charge in [-0.3, -0.25) is 4.79 Å². The largest absolute Gasteiger partial charge is 0.494 e. The van der Waals surface area contributed by atoms with Crippen molar-refractivity contribution >= 4 is 28.5 Å². The first-order valence-electron chi connectivity index (χ1n) is 13.7.